The second-order valence-corrected chi connectivity index (χ2v) is 11.8. The summed E-state index contributed by atoms with van der Waals surface area (Å²) in [5.41, 5.74) is 1.73. The molecule has 0 radical (unpaired) electrons. The van der Waals surface area contributed by atoms with Gasteiger partial charge >= 0.3 is 0 Å². The van der Waals surface area contributed by atoms with Crippen LogP contribution < -0.4 is 4.72 Å². The number of hydrogen-bond donors (Lipinski definition) is 1. The number of nitrogens with zero attached hydrogens (tertiary/aromatic N) is 2. The topological polar surface area (TPSA) is 79.4 Å². The Morgan fingerprint density at radius 3 is 2.52 bits per heavy atom. The van der Waals surface area contributed by atoms with E-state index in [1.165, 1.54) is 17.4 Å². The number of benzene rings is 2. The predicted molar refractivity (Wildman–Crippen MR) is 128 cm³/mol. The Labute approximate surface area is 196 Å². The summed E-state index contributed by atoms with van der Waals surface area (Å²) in [6.45, 7) is 2.97. The number of piperidine rings is 1. The molecule has 3 aromatic rings. The fourth-order valence-electron chi connectivity index (χ4n) is 4.97. The lowest BCUT2D eigenvalue weighted by atomic mass is 9.65. The largest absolute Gasteiger partial charge is 0.338 e. The minimum absolute atomic E-state index is 0.116. The monoisotopic (exact) mass is 487 g/mol. The number of nitrogens with one attached hydrogen (secondary N) is 1. The minimum Gasteiger partial charge on any atom is -0.338 e. The van der Waals surface area contributed by atoms with Crippen LogP contribution in [0, 0.1) is 11.8 Å². The summed E-state index contributed by atoms with van der Waals surface area (Å²) < 4.78 is 44.4. The van der Waals surface area contributed by atoms with E-state index in [4.69, 9.17) is 0 Å². The molecule has 9 heteroatoms. The van der Waals surface area contributed by atoms with Crippen molar-refractivity contribution in [2.75, 3.05) is 17.8 Å². The first-order chi connectivity index (χ1) is 15.7. The van der Waals surface area contributed by atoms with Gasteiger partial charge in [-0.2, -0.15) is 0 Å². The van der Waals surface area contributed by atoms with Crippen LogP contribution >= 0.6 is 11.3 Å². The Kier molecular flexibility index (Phi) is 5.64. The van der Waals surface area contributed by atoms with E-state index in [2.05, 4.69) is 16.6 Å². The number of halogens is 1. The zero-order valence-corrected chi connectivity index (χ0v) is 20.0. The van der Waals surface area contributed by atoms with Gasteiger partial charge in [-0.1, -0.05) is 13.0 Å². The van der Waals surface area contributed by atoms with E-state index in [0.717, 1.165) is 17.5 Å². The van der Waals surface area contributed by atoms with Crippen molar-refractivity contribution in [2.45, 2.75) is 43.2 Å². The molecule has 5 rings (SSSR count). The van der Waals surface area contributed by atoms with Crippen molar-refractivity contribution in [1.29, 1.82) is 0 Å². The third-order valence-electron chi connectivity index (χ3n) is 6.98. The van der Waals surface area contributed by atoms with E-state index in [1.807, 2.05) is 6.07 Å². The summed E-state index contributed by atoms with van der Waals surface area (Å²) in [4.78, 5) is 18.9. The van der Waals surface area contributed by atoms with Crippen LogP contribution in [0.4, 0.5) is 10.1 Å². The highest BCUT2D eigenvalue weighted by Gasteiger charge is 2.47. The van der Waals surface area contributed by atoms with Crippen molar-refractivity contribution in [2.24, 2.45) is 11.8 Å². The van der Waals surface area contributed by atoms with Crippen LogP contribution in [-0.4, -0.2) is 43.0 Å². The maximum atomic E-state index is 15.3. The van der Waals surface area contributed by atoms with Gasteiger partial charge in [0.1, 0.15) is 16.1 Å². The molecule has 2 fully saturated rings. The molecule has 0 bridgehead atoms. The maximum Gasteiger partial charge on any atom is 0.264 e. The van der Waals surface area contributed by atoms with E-state index in [9.17, 15) is 13.2 Å². The summed E-state index contributed by atoms with van der Waals surface area (Å²) >= 11 is 1.38. The average molecular weight is 488 g/mol. The quantitative estimate of drug-likeness (QED) is 0.544. The molecule has 6 nitrogen and oxygen atoms in total. The first kappa shape index (κ1) is 22.3. The average Bonchev–Trinajstić information content (AvgIpc) is 3.26. The highest BCUT2D eigenvalue weighted by Crippen LogP contribution is 2.47. The van der Waals surface area contributed by atoms with Gasteiger partial charge in [-0.3, -0.25) is 9.52 Å². The van der Waals surface area contributed by atoms with Crippen LogP contribution in [-0.2, 0) is 10.0 Å². The van der Waals surface area contributed by atoms with Gasteiger partial charge < -0.3 is 4.90 Å². The Bertz CT molecular complexity index is 1280. The molecule has 2 aliphatic rings. The molecule has 1 N–H and O–H groups in total. The SMILES string of the molecule is CC1CC(C2(F)CCN(C(=O)c3ccc(NS(=O)(=O)c4cccc5scnc45)cc3)CC2)C1. The molecule has 0 atom stereocenters. The number of sulfonamides is 1. The number of rotatable bonds is 5. The number of aromatic nitrogens is 1. The zero-order chi connectivity index (χ0) is 23.2. The molecule has 2 heterocycles. The van der Waals surface area contributed by atoms with Crippen molar-refractivity contribution in [3.8, 4) is 0 Å². The fraction of sp³-hybridized carbons (Fsp3) is 0.417. The molecular weight excluding hydrogens is 461 g/mol. The zero-order valence-electron chi connectivity index (χ0n) is 18.3. The predicted octanol–water partition coefficient (Wildman–Crippen LogP) is 5.09. The highest BCUT2D eigenvalue weighted by atomic mass is 32.2. The summed E-state index contributed by atoms with van der Waals surface area (Å²) in [7, 11) is -3.83. The Morgan fingerprint density at radius 2 is 1.85 bits per heavy atom. The highest BCUT2D eigenvalue weighted by molar-refractivity contribution is 7.93. The fourth-order valence-corrected chi connectivity index (χ4v) is 6.96. The number of para-hydroxylation sites is 1. The first-order valence-corrected chi connectivity index (χ1v) is 13.5. The van der Waals surface area contributed by atoms with Crippen LogP contribution in [0.1, 0.15) is 43.0 Å². The third kappa shape index (κ3) is 4.24. The van der Waals surface area contributed by atoms with E-state index < -0.39 is 15.7 Å². The molecule has 0 unspecified atom stereocenters. The van der Waals surface area contributed by atoms with Gasteiger partial charge in [-0.25, -0.2) is 17.8 Å². The van der Waals surface area contributed by atoms with Gasteiger partial charge in [0.05, 0.1) is 10.2 Å². The lowest BCUT2D eigenvalue weighted by molar-refractivity contribution is -0.0382. The van der Waals surface area contributed by atoms with Crippen LogP contribution in [0.25, 0.3) is 10.2 Å². The standard InChI is InChI=1S/C24H26FN3O3S2/c1-16-13-18(14-16)24(25)9-11-28(12-10-24)23(29)17-5-7-19(8-6-17)27-33(30,31)21-4-2-3-20-22(21)26-15-32-20/h2-8,15-16,18,27H,9-14H2,1H3. The molecule has 174 valence electrons. The maximum absolute atomic E-state index is 15.3. The normalized spacial score (nSPS) is 22.7. The van der Waals surface area contributed by atoms with E-state index in [0.29, 0.717) is 48.6 Å². The Hall–Kier alpha value is -2.52. The van der Waals surface area contributed by atoms with Crippen molar-refractivity contribution in [1.82, 2.24) is 9.88 Å². The molecule has 1 saturated carbocycles. The molecule has 1 amide bonds. The smallest absolute Gasteiger partial charge is 0.264 e. The van der Waals surface area contributed by atoms with E-state index in [1.54, 1.807) is 40.7 Å². The summed E-state index contributed by atoms with van der Waals surface area (Å²) in [5, 5.41) is 0. The number of amides is 1. The number of likely N-dealkylation sites (tertiary alicyclic amines) is 1. The molecule has 1 saturated heterocycles. The van der Waals surface area contributed by atoms with E-state index in [-0.39, 0.29) is 16.7 Å². The molecule has 2 aromatic carbocycles. The summed E-state index contributed by atoms with van der Waals surface area (Å²) in [6, 6.07) is 11.4. The second kappa shape index (κ2) is 8.36. The molecule has 1 aliphatic carbocycles. The third-order valence-corrected chi connectivity index (χ3v) is 9.19. The number of fused-ring (bicyclic) bond motifs is 1. The molecule has 33 heavy (non-hydrogen) atoms. The number of thiazole rings is 1. The number of carbonyl (C=O) groups excluding carboxylic acids is 1. The first-order valence-electron chi connectivity index (χ1n) is 11.2. The molecular formula is C24H26FN3O3S2. The molecule has 0 spiro atoms. The van der Waals surface area contributed by atoms with Gasteiger partial charge in [0.15, 0.2) is 0 Å². The van der Waals surface area contributed by atoms with Gasteiger partial charge in [0.2, 0.25) is 0 Å². The van der Waals surface area contributed by atoms with Crippen LogP contribution in [0.3, 0.4) is 0 Å². The van der Waals surface area contributed by atoms with E-state index >= 15 is 4.39 Å². The van der Waals surface area contributed by atoms with Gasteiger partial charge in [0.25, 0.3) is 15.9 Å². The van der Waals surface area contributed by atoms with Crippen molar-refractivity contribution in [3.05, 3.63) is 53.5 Å². The van der Waals surface area contributed by atoms with Gasteiger partial charge in [-0.05, 0) is 73.9 Å². The molecule has 1 aliphatic heterocycles. The number of carbonyl (C=O) groups is 1. The lowest BCUT2D eigenvalue weighted by Crippen LogP contribution is -2.50. The van der Waals surface area contributed by atoms with Gasteiger partial charge in [0, 0.05) is 24.3 Å². The van der Waals surface area contributed by atoms with Crippen molar-refractivity contribution in [3.63, 3.8) is 0 Å². The van der Waals surface area contributed by atoms with Crippen molar-refractivity contribution >= 4 is 43.2 Å². The van der Waals surface area contributed by atoms with Crippen LogP contribution in [0.15, 0.2) is 52.9 Å². The Balaban J connectivity index is 1.24. The summed E-state index contributed by atoms with van der Waals surface area (Å²) in [6.07, 6.45) is 2.66. The minimum atomic E-state index is -3.83. The number of hydrogen-bond acceptors (Lipinski definition) is 5. The van der Waals surface area contributed by atoms with Crippen molar-refractivity contribution < 1.29 is 17.6 Å². The lowest BCUT2D eigenvalue weighted by Gasteiger charge is -2.47. The summed E-state index contributed by atoms with van der Waals surface area (Å²) in [5.74, 6) is 0.584. The second-order valence-electron chi connectivity index (χ2n) is 9.24. The van der Waals surface area contributed by atoms with Gasteiger partial charge in [-0.15, -0.1) is 11.3 Å². The van der Waals surface area contributed by atoms with Crippen LogP contribution in [0.2, 0.25) is 0 Å². The Morgan fingerprint density at radius 1 is 1.15 bits per heavy atom. The number of alkyl halides is 1. The molecule has 1 aromatic heterocycles. The number of anilines is 1. The van der Waals surface area contributed by atoms with Crippen LogP contribution in [0.5, 0.6) is 0 Å².